The van der Waals surface area contributed by atoms with E-state index < -0.39 is 0 Å². The Bertz CT molecular complexity index is 609. The molecule has 0 atom stereocenters. The molecule has 2 fully saturated rings. The van der Waals surface area contributed by atoms with Crippen LogP contribution < -0.4 is 9.64 Å². The maximum Gasteiger partial charge on any atom is 0.333 e. The molecular weight excluding hydrogens is 296 g/mol. The molecule has 6 nitrogen and oxygen atoms in total. The average Bonchev–Trinajstić information content (AvgIpc) is 2.91. The van der Waals surface area contributed by atoms with E-state index in [-0.39, 0.29) is 21.8 Å². The molecular formula is C17H24N2O4. The van der Waals surface area contributed by atoms with E-state index in [0.717, 1.165) is 25.7 Å². The Labute approximate surface area is 136 Å². The number of benzene rings is 1. The zero-order valence-electron chi connectivity index (χ0n) is 14.0. The predicted molar refractivity (Wildman–Crippen MR) is 88.2 cm³/mol. The molecule has 0 radical (unpaired) electrons. The molecule has 6 heteroatoms. The van der Waals surface area contributed by atoms with E-state index >= 15 is 0 Å². The number of methoxy groups -OCH3 is 1. The molecule has 0 aromatic heterocycles. The number of nitro groups is 1. The number of para-hydroxylation sites is 1. The first kappa shape index (κ1) is 16.1. The van der Waals surface area contributed by atoms with Crippen LogP contribution in [0.25, 0.3) is 0 Å². The number of ether oxygens (including phenoxy) is 2. The number of nitro benzene ring substituents is 1. The highest BCUT2D eigenvalue weighted by Gasteiger charge is 2.47. The van der Waals surface area contributed by atoms with Crippen LogP contribution in [0.2, 0.25) is 0 Å². The first-order chi connectivity index (χ1) is 10.9. The fourth-order valence-electron chi connectivity index (χ4n) is 4.08. The third-order valence-corrected chi connectivity index (χ3v) is 4.78. The second-order valence-corrected chi connectivity index (χ2v) is 7.19. The van der Waals surface area contributed by atoms with Crippen LogP contribution in [0.3, 0.4) is 0 Å². The maximum atomic E-state index is 11.6. The molecule has 1 aliphatic carbocycles. The van der Waals surface area contributed by atoms with Gasteiger partial charge in [0.15, 0.2) is 5.75 Å². The van der Waals surface area contributed by atoms with Gasteiger partial charge in [-0.2, -0.15) is 0 Å². The van der Waals surface area contributed by atoms with Crippen LogP contribution in [0.4, 0.5) is 11.4 Å². The lowest BCUT2D eigenvalue weighted by molar-refractivity contribution is -0.385. The van der Waals surface area contributed by atoms with Gasteiger partial charge >= 0.3 is 5.69 Å². The minimum atomic E-state index is -0.349. The Kier molecular flexibility index (Phi) is 3.96. The molecule has 3 rings (SSSR count). The van der Waals surface area contributed by atoms with Crippen LogP contribution in [-0.2, 0) is 4.74 Å². The average molecular weight is 320 g/mol. The lowest BCUT2D eigenvalue weighted by Crippen LogP contribution is -2.58. The Hall–Kier alpha value is -1.82. The van der Waals surface area contributed by atoms with E-state index in [2.05, 4.69) is 18.7 Å². The van der Waals surface area contributed by atoms with Crippen molar-refractivity contribution in [1.29, 1.82) is 0 Å². The summed E-state index contributed by atoms with van der Waals surface area (Å²) < 4.78 is 11.6. The molecule has 1 aromatic carbocycles. The molecule has 0 N–H and O–H groups in total. The van der Waals surface area contributed by atoms with Gasteiger partial charge in [0.1, 0.15) is 5.69 Å². The number of anilines is 1. The lowest BCUT2D eigenvalue weighted by atomic mass is 9.93. The maximum absolute atomic E-state index is 11.6. The molecule has 1 saturated carbocycles. The van der Waals surface area contributed by atoms with Gasteiger partial charge in [-0.1, -0.05) is 18.9 Å². The topological polar surface area (TPSA) is 64.8 Å². The van der Waals surface area contributed by atoms with Gasteiger partial charge in [0.25, 0.3) is 0 Å². The Balaban J connectivity index is 2.02. The van der Waals surface area contributed by atoms with Crippen LogP contribution in [0, 0.1) is 10.1 Å². The molecule has 0 amide bonds. The van der Waals surface area contributed by atoms with Crippen LogP contribution in [0.15, 0.2) is 18.2 Å². The second-order valence-electron chi connectivity index (χ2n) is 7.19. The first-order valence-corrected chi connectivity index (χ1v) is 8.12. The largest absolute Gasteiger partial charge is 0.490 e. The molecule has 0 bridgehead atoms. The van der Waals surface area contributed by atoms with E-state index in [4.69, 9.17) is 9.47 Å². The van der Waals surface area contributed by atoms with E-state index in [1.165, 1.54) is 7.11 Å². The van der Waals surface area contributed by atoms with Crippen molar-refractivity contribution in [3.05, 3.63) is 28.3 Å². The van der Waals surface area contributed by atoms with Gasteiger partial charge in [0, 0.05) is 13.1 Å². The van der Waals surface area contributed by atoms with Crippen LogP contribution in [0.5, 0.6) is 5.75 Å². The van der Waals surface area contributed by atoms with E-state index in [0.29, 0.717) is 24.5 Å². The molecule has 0 unspecified atom stereocenters. The van der Waals surface area contributed by atoms with E-state index in [9.17, 15) is 10.1 Å². The van der Waals surface area contributed by atoms with Gasteiger partial charge in [-0.15, -0.1) is 0 Å². The van der Waals surface area contributed by atoms with Crippen LogP contribution >= 0.6 is 0 Å². The highest BCUT2D eigenvalue weighted by molar-refractivity contribution is 5.70. The van der Waals surface area contributed by atoms with Crippen molar-refractivity contribution >= 4 is 11.4 Å². The van der Waals surface area contributed by atoms with Crippen molar-refractivity contribution in [3.63, 3.8) is 0 Å². The van der Waals surface area contributed by atoms with Crippen molar-refractivity contribution in [2.75, 3.05) is 25.1 Å². The van der Waals surface area contributed by atoms with Gasteiger partial charge < -0.3 is 14.4 Å². The van der Waals surface area contributed by atoms with Crippen molar-refractivity contribution in [3.8, 4) is 5.75 Å². The minimum absolute atomic E-state index is 0.0425. The molecule has 126 valence electrons. The van der Waals surface area contributed by atoms with Crippen molar-refractivity contribution in [2.45, 2.75) is 50.7 Å². The molecule has 23 heavy (non-hydrogen) atoms. The van der Waals surface area contributed by atoms with Crippen molar-refractivity contribution in [2.24, 2.45) is 0 Å². The van der Waals surface area contributed by atoms with Gasteiger partial charge in [0.2, 0.25) is 0 Å². The summed E-state index contributed by atoms with van der Waals surface area (Å²) >= 11 is 0. The summed E-state index contributed by atoms with van der Waals surface area (Å²) in [6, 6.07) is 5.26. The Morgan fingerprint density at radius 2 is 1.96 bits per heavy atom. The number of hydrogen-bond donors (Lipinski definition) is 0. The summed E-state index contributed by atoms with van der Waals surface area (Å²) in [5, 5.41) is 11.6. The van der Waals surface area contributed by atoms with Crippen LogP contribution in [-0.4, -0.2) is 36.3 Å². The standard InChI is InChI=1S/C17H24N2O4/c1-16(2)11-18(12-17(23-16)9-4-5-10-17)13-7-6-8-14(22-3)15(13)19(20)21/h6-8H,4-5,9-12H2,1-3H3. The number of morpholine rings is 1. The van der Waals surface area contributed by atoms with Crippen molar-refractivity contribution in [1.82, 2.24) is 0 Å². The Morgan fingerprint density at radius 1 is 1.26 bits per heavy atom. The van der Waals surface area contributed by atoms with Gasteiger partial charge in [-0.05, 0) is 38.8 Å². The SMILES string of the molecule is COc1cccc(N2CC(C)(C)OC3(CCCC3)C2)c1[N+](=O)[O-]. The molecule has 1 heterocycles. The molecule has 1 spiro atoms. The number of nitrogens with zero attached hydrogens (tertiary/aromatic N) is 2. The fraction of sp³-hybridized carbons (Fsp3) is 0.647. The third-order valence-electron chi connectivity index (χ3n) is 4.78. The highest BCUT2D eigenvalue weighted by atomic mass is 16.6. The fourth-order valence-corrected chi connectivity index (χ4v) is 4.08. The number of rotatable bonds is 3. The quantitative estimate of drug-likeness (QED) is 0.629. The zero-order chi connectivity index (χ0) is 16.7. The smallest absolute Gasteiger partial charge is 0.333 e. The van der Waals surface area contributed by atoms with E-state index in [1.54, 1.807) is 6.07 Å². The first-order valence-electron chi connectivity index (χ1n) is 8.12. The summed E-state index contributed by atoms with van der Waals surface area (Å²) in [6.45, 7) is 5.45. The normalized spacial score (nSPS) is 22.3. The Morgan fingerprint density at radius 3 is 2.57 bits per heavy atom. The monoisotopic (exact) mass is 320 g/mol. The summed E-state index contributed by atoms with van der Waals surface area (Å²) in [4.78, 5) is 13.3. The predicted octanol–water partition coefficient (Wildman–Crippen LogP) is 3.53. The zero-order valence-corrected chi connectivity index (χ0v) is 14.0. The molecule has 1 saturated heterocycles. The summed E-state index contributed by atoms with van der Waals surface area (Å²) in [5.74, 6) is 0.303. The molecule has 1 aliphatic heterocycles. The minimum Gasteiger partial charge on any atom is -0.490 e. The van der Waals surface area contributed by atoms with Crippen LogP contribution in [0.1, 0.15) is 39.5 Å². The summed E-state index contributed by atoms with van der Waals surface area (Å²) in [7, 11) is 1.47. The summed E-state index contributed by atoms with van der Waals surface area (Å²) in [6.07, 6.45) is 4.35. The van der Waals surface area contributed by atoms with E-state index in [1.807, 2.05) is 12.1 Å². The summed E-state index contributed by atoms with van der Waals surface area (Å²) in [5.41, 5.74) is 0.149. The van der Waals surface area contributed by atoms with Gasteiger partial charge in [-0.25, -0.2) is 0 Å². The van der Waals surface area contributed by atoms with Gasteiger partial charge in [0.05, 0.1) is 23.2 Å². The van der Waals surface area contributed by atoms with Gasteiger partial charge in [-0.3, -0.25) is 10.1 Å². The highest BCUT2D eigenvalue weighted by Crippen LogP contribution is 2.45. The second kappa shape index (κ2) is 5.67. The third kappa shape index (κ3) is 3.00. The van der Waals surface area contributed by atoms with Crippen molar-refractivity contribution < 1.29 is 14.4 Å². The molecule has 2 aliphatic rings. The number of hydrogen-bond acceptors (Lipinski definition) is 5. The molecule has 1 aromatic rings. The lowest BCUT2D eigenvalue weighted by Gasteiger charge is -2.49.